The summed E-state index contributed by atoms with van der Waals surface area (Å²) in [5, 5.41) is 1.95. The molecule has 0 spiro atoms. The lowest BCUT2D eigenvalue weighted by atomic mass is 9.94. The van der Waals surface area contributed by atoms with E-state index in [0.29, 0.717) is 29.5 Å². The molecule has 4 aromatic rings. The molecule has 1 aliphatic rings. The van der Waals surface area contributed by atoms with Crippen molar-refractivity contribution in [3.05, 3.63) is 94.2 Å². The average molecular weight is 453 g/mol. The molecule has 6 nitrogen and oxygen atoms in total. The van der Waals surface area contributed by atoms with E-state index >= 15 is 0 Å². The summed E-state index contributed by atoms with van der Waals surface area (Å²) in [6.07, 6.45) is 3.02. The van der Waals surface area contributed by atoms with Crippen LogP contribution in [0.5, 0.6) is 0 Å². The van der Waals surface area contributed by atoms with Gasteiger partial charge >= 0.3 is 6.47 Å². The van der Waals surface area contributed by atoms with Crippen molar-refractivity contribution in [3.63, 3.8) is 0 Å². The van der Waals surface area contributed by atoms with E-state index in [1.54, 1.807) is 6.08 Å². The zero-order valence-electron chi connectivity index (χ0n) is 19.1. The molecule has 0 bridgehead atoms. The third-order valence-corrected chi connectivity index (χ3v) is 6.56. The summed E-state index contributed by atoms with van der Waals surface area (Å²) in [4.78, 5) is 41.8. The number of benzene rings is 3. The zero-order valence-corrected chi connectivity index (χ0v) is 19.1. The van der Waals surface area contributed by atoms with Crippen LogP contribution < -0.4 is 5.48 Å². The Morgan fingerprint density at radius 1 is 1.12 bits per heavy atom. The summed E-state index contributed by atoms with van der Waals surface area (Å²) in [6.45, 7) is 5.04. The number of Topliss-reactive ketones (excluding diaryl/α,β-unsaturated/α-hetero) is 1. The molecule has 0 amide bonds. The Morgan fingerprint density at radius 3 is 2.68 bits per heavy atom. The highest BCUT2D eigenvalue weighted by molar-refractivity contribution is 6.19. The van der Waals surface area contributed by atoms with Crippen molar-refractivity contribution < 1.29 is 19.2 Å². The van der Waals surface area contributed by atoms with E-state index in [1.807, 2.05) is 61.5 Å². The number of aromatic nitrogens is 1. The van der Waals surface area contributed by atoms with E-state index < -0.39 is 0 Å². The third kappa shape index (κ3) is 3.39. The van der Waals surface area contributed by atoms with Gasteiger partial charge in [0.2, 0.25) is 5.78 Å². The van der Waals surface area contributed by atoms with Crippen molar-refractivity contribution in [2.24, 2.45) is 0 Å². The number of hydroxylamine groups is 1. The van der Waals surface area contributed by atoms with Crippen LogP contribution in [0.15, 0.2) is 66.4 Å². The van der Waals surface area contributed by atoms with Gasteiger partial charge in [0, 0.05) is 45.0 Å². The Hall–Kier alpha value is -4.19. The second-order valence-corrected chi connectivity index (χ2v) is 8.41. The fourth-order valence-electron chi connectivity index (χ4n) is 4.97. The molecule has 0 aliphatic heterocycles. The first-order valence-electron chi connectivity index (χ1n) is 11.3. The summed E-state index contributed by atoms with van der Waals surface area (Å²) >= 11 is 0. The number of ketones is 2. The first-order valence-corrected chi connectivity index (χ1v) is 11.3. The van der Waals surface area contributed by atoms with Crippen molar-refractivity contribution in [1.82, 2.24) is 10.0 Å². The fraction of sp³-hybridized carbons (Fsp3) is 0.179. The second-order valence-electron chi connectivity index (χ2n) is 8.41. The molecular formula is C28H24N2O4. The molecule has 3 aromatic carbocycles. The number of rotatable bonds is 6. The van der Waals surface area contributed by atoms with E-state index in [2.05, 4.69) is 21.8 Å². The molecule has 1 N–H and O–H groups in total. The Labute approximate surface area is 196 Å². The van der Waals surface area contributed by atoms with Crippen molar-refractivity contribution in [1.29, 1.82) is 0 Å². The number of carbonyl (C=O) groups excluding carboxylic acids is 3. The van der Waals surface area contributed by atoms with Gasteiger partial charge in [-0.05, 0) is 68.1 Å². The lowest BCUT2D eigenvalue weighted by molar-refractivity contribution is -0.133. The molecule has 1 aliphatic carbocycles. The van der Waals surface area contributed by atoms with E-state index in [9.17, 15) is 14.4 Å². The largest absolute Gasteiger partial charge is 0.347 e. The van der Waals surface area contributed by atoms with Gasteiger partial charge in [-0.1, -0.05) is 30.3 Å². The van der Waals surface area contributed by atoms with E-state index in [4.69, 9.17) is 0 Å². The van der Waals surface area contributed by atoms with E-state index in [1.165, 1.54) is 0 Å². The molecule has 0 atom stereocenters. The molecule has 0 unspecified atom stereocenters. The van der Waals surface area contributed by atoms with Crippen LogP contribution in [-0.2, 0) is 22.6 Å². The standard InChI is InChI=1S/C28H24N2O4/c1-3-30-24-13-11-18(27(32)19-8-5-4-7-17(19)2)15-22(24)26-20-9-6-10-23(29-34-16-31)28(33)21(20)12-14-25(26)30/h4-5,7-8,10-16,29H,3,6,9H2,1-2H3. The van der Waals surface area contributed by atoms with Crippen LogP contribution in [0.4, 0.5) is 0 Å². The van der Waals surface area contributed by atoms with Crippen molar-refractivity contribution in [3.8, 4) is 0 Å². The molecule has 34 heavy (non-hydrogen) atoms. The molecule has 0 fully saturated rings. The third-order valence-electron chi connectivity index (χ3n) is 6.56. The second kappa shape index (κ2) is 8.63. The molecule has 1 heterocycles. The number of allylic oxidation sites excluding steroid dienone is 2. The Kier molecular flexibility index (Phi) is 5.49. The molecule has 1 aromatic heterocycles. The highest BCUT2D eigenvalue weighted by Crippen LogP contribution is 2.36. The van der Waals surface area contributed by atoms with Gasteiger partial charge in [0.25, 0.3) is 0 Å². The van der Waals surface area contributed by atoms with Crippen LogP contribution in [0.2, 0.25) is 0 Å². The van der Waals surface area contributed by atoms with Gasteiger partial charge < -0.3 is 9.40 Å². The topological polar surface area (TPSA) is 77.4 Å². The monoisotopic (exact) mass is 452 g/mol. The number of hydrogen-bond acceptors (Lipinski definition) is 5. The highest BCUT2D eigenvalue weighted by atomic mass is 16.7. The van der Waals surface area contributed by atoms with Crippen molar-refractivity contribution >= 4 is 39.8 Å². The Morgan fingerprint density at radius 2 is 1.91 bits per heavy atom. The van der Waals surface area contributed by atoms with Crippen LogP contribution in [0.1, 0.15) is 50.8 Å². The smallest absolute Gasteiger partial charge is 0.320 e. The summed E-state index contributed by atoms with van der Waals surface area (Å²) in [5.74, 6) is -0.240. The SMILES string of the molecule is CCn1c2ccc(C(=O)c3ccccc3C)cc2c2c3c(ccc21)C(=O)C(NOC=O)=CCC3. The van der Waals surface area contributed by atoms with Crippen molar-refractivity contribution in [2.75, 3.05) is 0 Å². The lowest BCUT2D eigenvalue weighted by Crippen LogP contribution is -2.20. The maximum absolute atomic E-state index is 13.3. The van der Waals surface area contributed by atoms with Gasteiger partial charge in [-0.15, -0.1) is 0 Å². The maximum atomic E-state index is 13.3. The maximum Gasteiger partial charge on any atom is 0.320 e. The molecule has 0 radical (unpaired) electrons. The summed E-state index contributed by atoms with van der Waals surface area (Å²) in [6, 6.07) is 17.2. The summed E-state index contributed by atoms with van der Waals surface area (Å²) < 4.78 is 2.21. The first-order chi connectivity index (χ1) is 16.5. The van der Waals surface area contributed by atoms with Gasteiger partial charge in [0.05, 0.1) is 0 Å². The van der Waals surface area contributed by atoms with Gasteiger partial charge in [0.15, 0.2) is 5.78 Å². The number of hydrogen-bond donors (Lipinski definition) is 1. The number of nitrogens with zero attached hydrogens (tertiary/aromatic N) is 1. The van der Waals surface area contributed by atoms with Crippen LogP contribution in [0, 0.1) is 6.92 Å². The molecule has 170 valence electrons. The predicted molar refractivity (Wildman–Crippen MR) is 131 cm³/mol. The number of fused-ring (bicyclic) bond motifs is 5. The van der Waals surface area contributed by atoms with Crippen molar-refractivity contribution in [2.45, 2.75) is 33.2 Å². The lowest BCUT2D eigenvalue weighted by Gasteiger charge is -2.10. The minimum absolute atomic E-state index is 0.0188. The minimum Gasteiger partial charge on any atom is -0.347 e. The normalized spacial score (nSPS) is 13.4. The Balaban J connectivity index is 1.72. The molecule has 6 heteroatoms. The predicted octanol–water partition coefficient (Wildman–Crippen LogP) is 5.04. The van der Waals surface area contributed by atoms with Crippen LogP contribution in [0.3, 0.4) is 0 Å². The van der Waals surface area contributed by atoms with Gasteiger partial charge in [-0.2, -0.15) is 0 Å². The minimum atomic E-state index is -0.221. The van der Waals surface area contributed by atoms with Gasteiger partial charge in [-0.25, -0.2) is 5.48 Å². The fourth-order valence-corrected chi connectivity index (χ4v) is 4.97. The summed E-state index contributed by atoms with van der Waals surface area (Å²) in [7, 11) is 0. The number of nitrogens with one attached hydrogen (secondary N) is 1. The molecule has 0 saturated carbocycles. The molecular weight excluding hydrogens is 428 g/mol. The van der Waals surface area contributed by atoms with Gasteiger partial charge in [-0.3, -0.25) is 14.4 Å². The average Bonchev–Trinajstić information content (AvgIpc) is 3.09. The zero-order chi connectivity index (χ0) is 23.8. The van der Waals surface area contributed by atoms with Crippen LogP contribution >= 0.6 is 0 Å². The first kappa shape index (κ1) is 21.6. The Bertz CT molecular complexity index is 1510. The highest BCUT2D eigenvalue weighted by Gasteiger charge is 2.24. The molecule has 0 saturated heterocycles. The van der Waals surface area contributed by atoms with Gasteiger partial charge in [0.1, 0.15) is 5.70 Å². The van der Waals surface area contributed by atoms with E-state index in [-0.39, 0.29) is 23.7 Å². The van der Waals surface area contributed by atoms with Crippen LogP contribution in [-0.4, -0.2) is 22.6 Å². The van der Waals surface area contributed by atoms with Crippen LogP contribution in [0.25, 0.3) is 21.8 Å². The summed E-state index contributed by atoms with van der Waals surface area (Å²) in [5.41, 5.74) is 8.51. The molecule has 5 rings (SSSR count). The number of carbonyl (C=O) groups is 3. The van der Waals surface area contributed by atoms with E-state index in [0.717, 1.165) is 39.5 Å². The number of aryl methyl sites for hydroxylation is 3. The quantitative estimate of drug-likeness (QED) is 0.252.